The van der Waals surface area contributed by atoms with E-state index in [0.29, 0.717) is 6.61 Å². The van der Waals surface area contributed by atoms with Crippen LogP contribution in [-0.2, 0) is 25.0 Å². The Balaban J connectivity index is 2.35. The van der Waals surface area contributed by atoms with Crippen LogP contribution >= 0.6 is 0 Å². The van der Waals surface area contributed by atoms with Gasteiger partial charge in [0, 0.05) is 12.8 Å². The lowest BCUT2D eigenvalue weighted by molar-refractivity contribution is -0.104. The molecule has 0 aromatic heterocycles. The lowest BCUT2D eigenvalue weighted by Crippen LogP contribution is -2.52. The summed E-state index contributed by atoms with van der Waals surface area (Å²) in [6.45, 7) is 23.1. The Bertz CT molecular complexity index is 764. The molecule has 0 N–H and O–H groups in total. The van der Waals surface area contributed by atoms with Crippen molar-refractivity contribution in [3.63, 3.8) is 0 Å². The SMILES string of the molecule is CC(C)(C)[Si](C)(C)O[C@H]1CC(OCc2ccccc2)C[C@@H](O[Si](C)(C)C(C)(C)C)C1=CC=O. The van der Waals surface area contributed by atoms with Gasteiger partial charge >= 0.3 is 0 Å². The third kappa shape index (κ3) is 7.46. The molecule has 3 atom stereocenters. The van der Waals surface area contributed by atoms with E-state index >= 15 is 0 Å². The van der Waals surface area contributed by atoms with E-state index in [1.54, 1.807) is 6.08 Å². The summed E-state index contributed by atoms with van der Waals surface area (Å²) in [5.74, 6) is 0. The zero-order valence-corrected chi connectivity index (χ0v) is 24.5. The van der Waals surface area contributed by atoms with E-state index in [9.17, 15) is 4.79 Å². The third-order valence-electron chi connectivity index (χ3n) is 7.77. The highest BCUT2D eigenvalue weighted by atomic mass is 28.4. The molecule has 0 bridgehead atoms. The van der Waals surface area contributed by atoms with Crippen LogP contribution in [0.5, 0.6) is 0 Å². The number of aldehydes is 1. The van der Waals surface area contributed by atoms with Gasteiger partial charge in [-0.05, 0) is 53.5 Å². The highest BCUT2D eigenvalue weighted by molar-refractivity contribution is 6.74. The Morgan fingerprint density at radius 1 is 0.848 bits per heavy atom. The number of carbonyl (C=O) groups excluding carboxylic acids is 1. The first-order valence-corrected chi connectivity index (χ1v) is 18.1. The molecular weight excluding hydrogens is 444 g/mol. The average Bonchev–Trinajstić information content (AvgIpc) is 2.67. The van der Waals surface area contributed by atoms with Gasteiger partial charge in [0.1, 0.15) is 6.29 Å². The molecule has 186 valence electrons. The second kappa shape index (κ2) is 10.7. The van der Waals surface area contributed by atoms with E-state index in [1.807, 2.05) is 18.2 Å². The topological polar surface area (TPSA) is 44.8 Å². The van der Waals surface area contributed by atoms with Crippen molar-refractivity contribution in [3.8, 4) is 0 Å². The van der Waals surface area contributed by atoms with Gasteiger partial charge in [-0.3, -0.25) is 4.79 Å². The Morgan fingerprint density at radius 2 is 1.30 bits per heavy atom. The van der Waals surface area contributed by atoms with Gasteiger partial charge in [0.05, 0.1) is 24.9 Å². The number of carbonyl (C=O) groups is 1. The van der Waals surface area contributed by atoms with Gasteiger partial charge in [-0.15, -0.1) is 0 Å². The first kappa shape index (κ1) is 28.2. The van der Waals surface area contributed by atoms with Gasteiger partial charge in [0.2, 0.25) is 0 Å². The number of ether oxygens (including phenoxy) is 1. The lowest BCUT2D eigenvalue weighted by atomic mass is 9.87. The van der Waals surface area contributed by atoms with Gasteiger partial charge in [-0.1, -0.05) is 71.9 Å². The molecule has 0 amide bonds. The summed E-state index contributed by atoms with van der Waals surface area (Å²) in [5.41, 5.74) is 2.15. The number of hydrogen-bond donors (Lipinski definition) is 0. The molecule has 0 aliphatic heterocycles. The van der Waals surface area contributed by atoms with E-state index in [2.05, 4.69) is 79.9 Å². The van der Waals surface area contributed by atoms with E-state index < -0.39 is 16.6 Å². The van der Waals surface area contributed by atoms with Crippen LogP contribution in [0.1, 0.15) is 59.9 Å². The van der Waals surface area contributed by atoms with Gasteiger partial charge in [0.15, 0.2) is 16.6 Å². The maximum absolute atomic E-state index is 11.7. The summed E-state index contributed by atoms with van der Waals surface area (Å²) in [4.78, 5) is 11.7. The quantitative estimate of drug-likeness (QED) is 0.218. The molecule has 1 unspecified atom stereocenters. The zero-order valence-electron chi connectivity index (χ0n) is 22.5. The number of hydrogen-bond acceptors (Lipinski definition) is 4. The normalized spacial score (nSPS) is 24.2. The van der Waals surface area contributed by atoms with E-state index in [0.717, 1.165) is 30.3 Å². The zero-order chi connectivity index (χ0) is 25.1. The Labute approximate surface area is 204 Å². The molecule has 1 aromatic rings. The molecule has 1 fully saturated rings. The van der Waals surface area contributed by atoms with Gasteiger partial charge < -0.3 is 13.6 Å². The average molecular weight is 491 g/mol. The molecule has 1 saturated carbocycles. The number of benzene rings is 1. The molecule has 6 heteroatoms. The van der Waals surface area contributed by atoms with Crippen LogP contribution < -0.4 is 0 Å². The Hall–Kier alpha value is -1.06. The fourth-order valence-electron chi connectivity index (χ4n) is 3.57. The highest BCUT2D eigenvalue weighted by Crippen LogP contribution is 2.44. The molecule has 0 radical (unpaired) electrons. The van der Waals surface area contributed by atoms with Crippen LogP contribution in [0.25, 0.3) is 0 Å². The van der Waals surface area contributed by atoms with E-state index in [1.165, 1.54) is 0 Å². The van der Waals surface area contributed by atoms with Crippen LogP contribution in [0.3, 0.4) is 0 Å². The largest absolute Gasteiger partial charge is 0.410 e. The minimum atomic E-state index is -2.06. The summed E-state index contributed by atoms with van der Waals surface area (Å²) < 4.78 is 20.2. The molecule has 4 nitrogen and oxygen atoms in total. The smallest absolute Gasteiger partial charge is 0.192 e. The van der Waals surface area contributed by atoms with Crippen LogP contribution in [0.4, 0.5) is 0 Å². The van der Waals surface area contributed by atoms with Crippen molar-refractivity contribution in [2.24, 2.45) is 0 Å². The molecule has 1 aliphatic carbocycles. The third-order valence-corrected chi connectivity index (χ3v) is 16.7. The maximum atomic E-state index is 11.7. The fourth-order valence-corrected chi connectivity index (χ4v) is 6.16. The maximum Gasteiger partial charge on any atom is 0.192 e. The van der Waals surface area contributed by atoms with Gasteiger partial charge in [-0.2, -0.15) is 0 Å². The minimum Gasteiger partial charge on any atom is -0.410 e. The summed E-state index contributed by atoms with van der Waals surface area (Å²) in [6, 6.07) is 10.3. The molecule has 1 aliphatic rings. The van der Waals surface area contributed by atoms with Crippen molar-refractivity contribution in [2.75, 3.05) is 0 Å². The summed E-state index contributed by atoms with van der Waals surface area (Å²) in [5, 5.41) is 0.153. The van der Waals surface area contributed by atoms with Gasteiger partial charge in [-0.25, -0.2) is 0 Å². The molecule has 0 spiro atoms. The van der Waals surface area contributed by atoms with Crippen molar-refractivity contribution in [1.82, 2.24) is 0 Å². The molecule has 33 heavy (non-hydrogen) atoms. The number of rotatable bonds is 8. The number of allylic oxidation sites excluding steroid dienone is 1. The predicted molar refractivity (Wildman–Crippen MR) is 143 cm³/mol. The Kier molecular flexibility index (Phi) is 9.13. The van der Waals surface area contributed by atoms with Crippen molar-refractivity contribution >= 4 is 22.9 Å². The second-order valence-electron chi connectivity index (χ2n) is 12.4. The first-order valence-electron chi connectivity index (χ1n) is 12.2. The second-order valence-corrected chi connectivity index (χ2v) is 21.9. The van der Waals surface area contributed by atoms with E-state index in [-0.39, 0.29) is 28.4 Å². The summed E-state index contributed by atoms with van der Waals surface area (Å²) >= 11 is 0. The van der Waals surface area contributed by atoms with Crippen molar-refractivity contribution in [3.05, 3.63) is 47.5 Å². The lowest BCUT2D eigenvalue weighted by Gasteiger charge is -2.47. The molecule has 2 rings (SSSR count). The van der Waals surface area contributed by atoms with Crippen LogP contribution in [0.2, 0.25) is 36.3 Å². The molecular formula is C27H46O4Si2. The van der Waals surface area contributed by atoms with Crippen molar-refractivity contribution in [1.29, 1.82) is 0 Å². The predicted octanol–water partition coefficient (Wildman–Crippen LogP) is 7.27. The summed E-state index contributed by atoms with van der Waals surface area (Å²) in [7, 11) is -4.12. The van der Waals surface area contributed by atoms with Crippen LogP contribution in [0.15, 0.2) is 42.0 Å². The van der Waals surface area contributed by atoms with Gasteiger partial charge in [0.25, 0.3) is 0 Å². The standard InChI is InChI=1S/C27H46O4Si2/c1-26(2,3)32(7,8)30-24-18-22(29-20-21-14-12-11-13-15-21)19-25(23(24)16-17-28)31-33(9,10)27(4,5)6/h11-17,22,24-25H,18-20H2,1-10H3/t22?,24-,25+. The van der Waals surface area contributed by atoms with E-state index in [4.69, 9.17) is 13.6 Å². The first-order chi connectivity index (χ1) is 15.1. The highest BCUT2D eigenvalue weighted by Gasteiger charge is 2.46. The molecule has 0 heterocycles. The summed E-state index contributed by atoms with van der Waals surface area (Å²) in [6.07, 6.45) is 3.76. The Morgan fingerprint density at radius 3 is 1.70 bits per heavy atom. The molecule has 1 aromatic carbocycles. The van der Waals surface area contributed by atoms with Crippen LogP contribution in [-0.4, -0.2) is 41.2 Å². The monoisotopic (exact) mass is 490 g/mol. The fraction of sp³-hybridized carbons (Fsp3) is 0.667. The van der Waals surface area contributed by atoms with Crippen molar-refractivity contribution < 1.29 is 18.4 Å². The minimum absolute atomic E-state index is 0.0125. The molecule has 0 saturated heterocycles. The van der Waals surface area contributed by atoms with Crippen molar-refractivity contribution in [2.45, 2.75) is 116 Å². The van der Waals surface area contributed by atoms with Crippen LogP contribution in [0, 0.1) is 0 Å².